The van der Waals surface area contributed by atoms with Crippen molar-refractivity contribution in [1.82, 2.24) is 0 Å². The maximum absolute atomic E-state index is 11.2. The van der Waals surface area contributed by atoms with Gasteiger partial charge in [-0.15, -0.1) is 0 Å². The summed E-state index contributed by atoms with van der Waals surface area (Å²) in [4.78, 5) is 22.1. The molecule has 3 nitrogen and oxygen atoms in total. The number of hydrogen-bond donors (Lipinski definition) is 0. The van der Waals surface area contributed by atoms with E-state index in [2.05, 4.69) is 20.7 Å². The van der Waals surface area contributed by atoms with E-state index in [4.69, 9.17) is 0 Å². The van der Waals surface area contributed by atoms with Gasteiger partial charge in [0.05, 0.1) is 5.57 Å². The molecule has 0 fully saturated rings. The normalized spacial score (nSPS) is 16.1. The van der Waals surface area contributed by atoms with Crippen LogP contribution in [-0.2, 0) is 14.3 Å². The van der Waals surface area contributed by atoms with Crippen molar-refractivity contribution >= 4 is 33.9 Å². The highest BCUT2D eigenvalue weighted by atomic mass is 79.9. The van der Waals surface area contributed by atoms with Crippen LogP contribution in [0.1, 0.15) is 5.56 Å². The Morgan fingerprint density at radius 2 is 1.88 bits per heavy atom. The average Bonchev–Trinajstić information content (AvgIpc) is 2.59. The topological polar surface area (TPSA) is 43.4 Å². The number of cyclic esters (lactones) is 2. The van der Waals surface area contributed by atoms with Crippen LogP contribution in [-0.4, -0.2) is 11.9 Å². The number of rotatable bonds is 2. The van der Waals surface area contributed by atoms with Gasteiger partial charge in [-0.2, -0.15) is 0 Å². The smallest absolute Gasteiger partial charge is 0.347 e. The van der Waals surface area contributed by atoms with Crippen LogP contribution >= 0.6 is 15.9 Å². The monoisotopic (exact) mass is 278 g/mol. The molecule has 1 aromatic rings. The number of benzene rings is 1. The fraction of sp³-hybridized carbons (Fsp3) is 0. The second-order valence-corrected chi connectivity index (χ2v) is 4.02. The second-order valence-electron chi connectivity index (χ2n) is 3.17. The van der Waals surface area contributed by atoms with Gasteiger partial charge in [0.1, 0.15) is 0 Å². The van der Waals surface area contributed by atoms with E-state index in [1.54, 1.807) is 6.08 Å². The summed E-state index contributed by atoms with van der Waals surface area (Å²) >= 11 is 3.25. The third-order valence-electron chi connectivity index (χ3n) is 2.03. The number of hydrogen-bond acceptors (Lipinski definition) is 3. The van der Waals surface area contributed by atoms with Gasteiger partial charge in [-0.3, -0.25) is 0 Å². The maximum atomic E-state index is 11.2. The Hall–Kier alpha value is -1.68. The van der Waals surface area contributed by atoms with Gasteiger partial charge in [0.2, 0.25) is 0 Å². The number of halogens is 1. The molecule has 2 rings (SSSR count). The number of carbonyl (C=O) groups excluding carboxylic acids is 2. The minimum absolute atomic E-state index is 0.244. The Kier molecular flexibility index (Phi) is 3.01. The summed E-state index contributed by atoms with van der Waals surface area (Å²) in [7, 11) is 0. The minimum Gasteiger partial charge on any atom is -0.386 e. The molecule has 0 aliphatic carbocycles. The van der Waals surface area contributed by atoms with Crippen LogP contribution in [0, 0.1) is 0 Å². The molecule has 0 saturated heterocycles. The molecule has 0 unspecified atom stereocenters. The van der Waals surface area contributed by atoms with Crippen LogP contribution in [0.15, 0.2) is 46.5 Å². The number of ether oxygens (including phenoxy) is 1. The number of esters is 2. The first-order valence-electron chi connectivity index (χ1n) is 4.57. The van der Waals surface area contributed by atoms with E-state index in [9.17, 15) is 9.59 Å². The number of carbonyl (C=O) groups is 2. The van der Waals surface area contributed by atoms with Crippen LogP contribution in [0.3, 0.4) is 0 Å². The van der Waals surface area contributed by atoms with Crippen molar-refractivity contribution in [2.24, 2.45) is 0 Å². The zero-order valence-electron chi connectivity index (χ0n) is 8.14. The molecule has 0 bridgehead atoms. The molecule has 0 N–H and O–H groups in total. The quantitative estimate of drug-likeness (QED) is 0.617. The van der Waals surface area contributed by atoms with E-state index in [1.165, 1.54) is 6.08 Å². The Balaban J connectivity index is 2.29. The van der Waals surface area contributed by atoms with Crippen molar-refractivity contribution < 1.29 is 14.3 Å². The largest absolute Gasteiger partial charge is 0.386 e. The highest BCUT2D eigenvalue weighted by Gasteiger charge is 2.25. The molecule has 0 amide bonds. The summed E-state index contributed by atoms with van der Waals surface area (Å²) in [6.45, 7) is 0. The van der Waals surface area contributed by atoms with Gasteiger partial charge in [-0.05, 0) is 27.6 Å². The third-order valence-corrected chi connectivity index (χ3v) is 2.68. The lowest BCUT2D eigenvalue weighted by Crippen LogP contribution is -2.01. The second kappa shape index (κ2) is 4.45. The molecular weight excluding hydrogens is 272 g/mol. The fourth-order valence-electron chi connectivity index (χ4n) is 1.29. The van der Waals surface area contributed by atoms with E-state index in [-0.39, 0.29) is 5.57 Å². The van der Waals surface area contributed by atoms with Crippen molar-refractivity contribution in [3.8, 4) is 0 Å². The van der Waals surface area contributed by atoms with E-state index in [0.29, 0.717) is 4.48 Å². The summed E-state index contributed by atoms with van der Waals surface area (Å²) in [6.07, 6.45) is 2.93. The van der Waals surface area contributed by atoms with Gasteiger partial charge in [0.15, 0.2) is 0 Å². The van der Waals surface area contributed by atoms with E-state index < -0.39 is 11.9 Å². The molecule has 0 atom stereocenters. The third kappa shape index (κ3) is 2.28. The Morgan fingerprint density at radius 3 is 2.44 bits per heavy atom. The van der Waals surface area contributed by atoms with Crippen molar-refractivity contribution in [1.29, 1.82) is 0 Å². The van der Waals surface area contributed by atoms with E-state index >= 15 is 0 Å². The van der Waals surface area contributed by atoms with Gasteiger partial charge >= 0.3 is 11.9 Å². The zero-order chi connectivity index (χ0) is 11.5. The zero-order valence-corrected chi connectivity index (χ0v) is 9.73. The maximum Gasteiger partial charge on any atom is 0.347 e. The first-order chi connectivity index (χ1) is 7.66. The molecule has 0 saturated carbocycles. The first-order valence-corrected chi connectivity index (χ1v) is 5.36. The fourth-order valence-corrected chi connectivity index (χ4v) is 1.83. The van der Waals surface area contributed by atoms with E-state index in [0.717, 1.165) is 5.56 Å². The highest BCUT2D eigenvalue weighted by Crippen LogP contribution is 2.25. The molecular formula is C12H7BrO3. The summed E-state index contributed by atoms with van der Waals surface area (Å²) < 4.78 is 4.93. The summed E-state index contributed by atoms with van der Waals surface area (Å²) in [5.74, 6) is -1.25. The Bertz CT molecular complexity index is 500. The predicted octanol–water partition coefficient (Wildman–Crippen LogP) is 2.43. The lowest BCUT2D eigenvalue weighted by molar-refractivity contribution is -0.150. The van der Waals surface area contributed by atoms with Crippen molar-refractivity contribution in [2.75, 3.05) is 0 Å². The molecule has 1 aliphatic rings. The molecule has 4 heteroatoms. The molecule has 1 aliphatic heterocycles. The molecule has 1 aromatic carbocycles. The van der Waals surface area contributed by atoms with Crippen LogP contribution in [0.4, 0.5) is 0 Å². The predicted molar refractivity (Wildman–Crippen MR) is 62.5 cm³/mol. The first kappa shape index (κ1) is 10.8. The van der Waals surface area contributed by atoms with Gasteiger partial charge in [-0.25, -0.2) is 9.59 Å². The minimum atomic E-state index is -0.626. The molecule has 16 heavy (non-hydrogen) atoms. The molecule has 0 aromatic heterocycles. The summed E-state index contributed by atoms with van der Waals surface area (Å²) in [5.41, 5.74) is 1.18. The highest BCUT2D eigenvalue weighted by molar-refractivity contribution is 9.12. The SMILES string of the molecule is O=C1C=C(C(Br)=Cc2ccccc2)C(=O)O1. The summed E-state index contributed by atoms with van der Waals surface area (Å²) in [6, 6.07) is 9.46. The van der Waals surface area contributed by atoms with E-state index in [1.807, 2.05) is 30.3 Å². The van der Waals surface area contributed by atoms with Gasteiger partial charge < -0.3 is 4.74 Å². The van der Waals surface area contributed by atoms with Crippen molar-refractivity contribution in [3.63, 3.8) is 0 Å². The Labute approximate surface area is 101 Å². The summed E-state index contributed by atoms with van der Waals surface area (Å²) in [5, 5.41) is 0. The lowest BCUT2D eigenvalue weighted by Gasteiger charge is -1.97. The molecule has 0 spiro atoms. The van der Waals surface area contributed by atoms with Gasteiger partial charge in [0, 0.05) is 10.6 Å². The van der Waals surface area contributed by atoms with Crippen molar-refractivity contribution in [2.45, 2.75) is 0 Å². The van der Waals surface area contributed by atoms with Gasteiger partial charge in [-0.1, -0.05) is 30.3 Å². The molecule has 0 radical (unpaired) electrons. The average molecular weight is 279 g/mol. The molecule has 80 valence electrons. The van der Waals surface area contributed by atoms with Gasteiger partial charge in [0.25, 0.3) is 0 Å². The van der Waals surface area contributed by atoms with Crippen LogP contribution < -0.4 is 0 Å². The standard InChI is InChI=1S/C12H7BrO3/c13-10(6-8-4-2-1-3-5-8)9-7-11(14)16-12(9)15/h1-7H. The van der Waals surface area contributed by atoms with Crippen LogP contribution in [0.2, 0.25) is 0 Å². The van der Waals surface area contributed by atoms with Crippen LogP contribution in [0.5, 0.6) is 0 Å². The lowest BCUT2D eigenvalue weighted by atomic mass is 10.1. The Morgan fingerprint density at radius 1 is 1.19 bits per heavy atom. The van der Waals surface area contributed by atoms with Crippen molar-refractivity contribution in [3.05, 3.63) is 52.0 Å². The molecule has 1 heterocycles. The van der Waals surface area contributed by atoms with Crippen LogP contribution in [0.25, 0.3) is 6.08 Å².